The molecule has 2 aromatic rings. The quantitative estimate of drug-likeness (QED) is 0.746. The highest BCUT2D eigenvalue weighted by atomic mass is 35.5. The summed E-state index contributed by atoms with van der Waals surface area (Å²) in [7, 11) is 1.91. The Bertz CT molecular complexity index is 465. The number of halogens is 1. The Kier molecular flexibility index (Phi) is 3.03. The van der Waals surface area contributed by atoms with Crippen LogP contribution in [0.3, 0.4) is 0 Å². The smallest absolute Gasteiger partial charge is 0.113 e. The van der Waals surface area contributed by atoms with Gasteiger partial charge in [-0.3, -0.25) is 4.68 Å². The van der Waals surface area contributed by atoms with Gasteiger partial charge in [0, 0.05) is 12.6 Å². The number of aromatic nitrogens is 2. The van der Waals surface area contributed by atoms with Crippen molar-refractivity contribution in [1.29, 1.82) is 0 Å². The summed E-state index contributed by atoms with van der Waals surface area (Å²) in [6, 6.07) is 9.98. The maximum atomic E-state index is 6.26. The van der Waals surface area contributed by atoms with Crippen LogP contribution in [0.15, 0.2) is 35.4 Å². The molecule has 0 fully saturated rings. The van der Waals surface area contributed by atoms with Crippen LogP contribution in [-0.2, 0) is 7.05 Å². The Morgan fingerprint density at radius 1 is 1.27 bits per heavy atom. The molecule has 0 atom stereocenters. The summed E-state index contributed by atoms with van der Waals surface area (Å²) in [6.07, 6.45) is 2.00. The molecule has 0 N–H and O–H groups in total. The van der Waals surface area contributed by atoms with Gasteiger partial charge in [-0.1, -0.05) is 41.9 Å². The zero-order valence-electron chi connectivity index (χ0n) is 8.57. The average Bonchev–Trinajstić information content (AvgIpc) is 2.55. The molecule has 78 valence electrons. The van der Waals surface area contributed by atoms with Gasteiger partial charge in [0.05, 0.1) is 0 Å². The first-order valence-corrected chi connectivity index (χ1v) is 6.16. The number of thioether (sulfide) groups is 1. The van der Waals surface area contributed by atoms with E-state index in [1.807, 2.05) is 48.3 Å². The Labute approximate surface area is 98.3 Å². The summed E-state index contributed by atoms with van der Waals surface area (Å²) in [5, 5.41) is 6.14. The molecule has 1 heterocycles. The summed E-state index contributed by atoms with van der Waals surface area (Å²) in [5.74, 6) is 0. The van der Waals surface area contributed by atoms with Crippen LogP contribution in [0.4, 0.5) is 0 Å². The third-order valence-electron chi connectivity index (χ3n) is 2.18. The number of nitrogens with zero attached hydrogens (tertiary/aromatic N) is 2. The van der Waals surface area contributed by atoms with Gasteiger partial charge in [0.2, 0.25) is 0 Å². The molecular formula is C11H11ClN2S. The average molecular weight is 239 g/mol. The Hall–Kier alpha value is -0.930. The van der Waals surface area contributed by atoms with E-state index >= 15 is 0 Å². The molecule has 4 heteroatoms. The van der Waals surface area contributed by atoms with Crippen LogP contribution >= 0.6 is 23.4 Å². The van der Waals surface area contributed by atoms with E-state index in [1.165, 1.54) is 0 Å². The molecule has 0 saturated carbocycles. The molecule has 1 aromatic heterocycles. The van der Waals surface area contributed by atoms with Crippen molar-refractivity contribution in [2.45, 2.75) is 5.03 Å². The zero-order valence-corrected chi connectivity index (χ0v) is 10.1. The Balaban J connectivity index is 2.55. The van der Waals surface area contributed by atoms with Crippen LogP contribution in [-0.4, -0.2) is 16.0 Å². The predicted molar refractivity (Wildman–Crippen MR) is 65.4 cm³/mol. The van der Waals surface area contributed by atoms with E-state index in [1.54, 1.807) is 11.8 Å². The number of aryl methyl sites for hydroxylation is 1. The second-order valence-corrected chi connectivity index (χ2v) is 4.33. The van der Waals surface area contributed by atoms with E-state index in [0.29, 0.717) is 0 Å². The van der Waals surface area contributed by atoms with Gasteiger partial charge in [0.25, 0.3) is 0 Å². The molecule has 2 rings (SSSR count). The van der Waals surface area contributed by atoms with E-state index < -0.39 is 0 Å². The van der Waals surface area contributed by atoms with Crippen molar-refractivity contribution in [2.24, 2.45) is 7.05 Å². The largest absolute Gasteiger partial charge is 0.260 e. The van der Waals surface area contributed by atoms with Crippen molar-refractivity contribution in [3.63, 3.8) is 0 Å². The minimum Gasteiger partial charge on any atom is -0.260 e. The van der Waals surface area contributed by atoms with E-state index in [-0.39, 0.29) is 0 Å². The van der Waals surface area contributed by atoms with E-state index in [2.05, 4.69) is 5.10 Å². The van der Waals surface area contributed by atoms with Crippen molar-refractivity contribution in [2.75, 3.05) is 6.26 Å². The molecule has 0 spiro atoms. The molecular weight excluding hydrogens is 228 g/mol. The number of hydrogen-bond acceptors (Lipinski definition) is 2. The molecule has 2 nitrogen and oxygen atoms in total. The van der Waals surface area contributed by atoms with Crippen LogP contribution in [0, 0.1) is 0 Å². The first-order chi connectivity index (χ1) is 7.24. The molecule has 0 unspecified atom stereocenters. The van der Waals surface area contributed by atoms with Crippen LogP contribution in [0.1, 0.15) is 0 Å². The first kappa shape index (κ1) is 10.6. The highest BCUT2D eigenvalue weighted by molar-refractivity contribution is 7.98. The fourth-order valence-corrected chi connectivity index (χ4v) is 2.57. The van der Waals surface area contributed by atoms with Gasteiger partial charge in [0.1, 0.15) is 15.7 Å². The standard InChI is InChI=1S/C11H11ClN2S/c1-14-11(15-2)9(12)10(13-14)8-6-4-3-5-7-8/h3-7H,1-2H3. The fourth-order valence-electron chi connectivity index (χ4n) is 1.48. The third kappa shape index (κ3) is 1.90. The van der Waals surface area contributed by atoms with Crippen molar-refractivity contribution >= 4 is 23.4 Å². The minimum absolute atomic E-state index is 0.733. The van der Waals surface area contributed by atoms with Crippen LogP contribution in [0.2, 0.25) is 5.02 Å². The van der Waals surface area contributed by atoms with Crippen molar-refractivity contribution < 1.29 is 0 Å². The fraction of sp³-hybridized carbons (Fsp3) is 0.182. The number of rotatable bonds is 2. The number of hydrogen-bond donors (Lipinski definition) is 0. The third-order valence-corrected chi connectivity index (χ3v) is 3.51. The second kappa shape index (κ2) is 4.29. The molecule has 0 aliphatic carbocycles. The summed E-state index contributed by atoms with van der Waals surface area (Å²) in [4.78, 5) is 0. The van der Waals surface area contributed by atoms with Gasteiger partial charge in [-0.15, -0.1) is 11.8 Å². The second-order valence-electron chi connectivity index (χ2n) is 3.16. The molecule has 0 aliphatic heterocycles. The molecule has 0 aliphatic rings. The van der Waals surface area contributed by atoms with E-state index in [9.17, 15) is 0 Å². The van der Waals surface area contributed by atoms with Crippen molar-refractivity contribution in [3.8, 4) is 11.3 Å². The normalized spacial score (nSPS) is 10.6. The van der Waals surface area contributed by atoms with Gasteiger partial charge >= 0.3 is 0 Å². The lowest BCUT2D eigenvalue weighted by Crippen LogP contribution is -1.91. The van der Waals surface area contributed by atoms with Crippen LogP contribution in [0.25, 0.3) is 11.3 Å². The lowest BCUT2D eigenvalue weighted by atomic mass is 10.2. The van der Waals surface area contributed by atoms with E-state index in [4.69, 9.17) is 11.6 Å². The maximum Gasteiger partial charge on any atom is 0.113 e. The highest BCUT2D eigenvalue weighted by Gasteiger charge is 2.14. The molecule has 1 aromatic carbocycles. The zero-order chi connectivity index (χ0) is 10.8. The first-order valence-electron chi connectivity index (χ1n) is 4.56. The van der Waals surface area contributed by atoms with Crippen LogP contribution in [0.5, 0.6) is 0 Å². The van der Waals surface area contributed by atoms with Crippen molar-refractivity contribution in [1.82, 2.24) is 9.78 Å². The topological polar surface area (TPSA) is 17.8 Å². The summed E-state index contributed by atoms with van der Waals surface area (Å²) in [5.41, 5.74) is 1.91. The monoisotopic (exact) mass is 238 g/mol. The SMILES string of the molecule is CSc1c(Cl)c(-c2ccccc2)nn1C. The van der Waals surface area contributed by atoms with E-state index in [0.717, 1.165) is 21.3 Å². The molecule has 0 bridgehead atoms. The van der Waals surface area contributed by atoms with Gasteiger partial charge in [-0.05, 0) is 6.26 Å². The Morgan fingerprint density at radius 3 is 2.47 bits per heavy atom. The lowest BCUT2D eigenvalue weighted by Gasteiger charge is -1.96. The molecule has 0 radical (unpaired) electrons. The molecule has 0 saturated heterocycles. The lowest BCUT2D eigenvalue weighted by molar-refractivity contribution is 0.702. The molecule has 15 heavy (non-hydrogen) atoms. The summed E-state index contributed by atoms with van der Waals surface area (Å²) >= 11 is 7.87. The van der Waals surface area contributed by atoms with Crippen molar-refractivity contribution in [3.05, 3.63) is 35.4 Å². The number of benzene rings is 1. The van der Waals surface area contributed by atoms with Gasteiger partial charge < -0.3 is 0 Å². The van der Waals surface area contributed by atoms with Gasteiger partial charge in [0.15, 0.2) is 0 Å². The maximum absolute atomic E-state index is 6.26. The minimum atomic E-state index is 0.733. The van der Waals surface area contributed by atoms with Gasteiger partial charge in [-0.2, -0.15) is 5.10 Å². The summed E-state index contributed by atoms with van der Waals surface area (Å²) in [6.45, 7) is 0. The summed E-state index contributed by atoms with van der Waals surface area (Å²) < 4.78 is 1.81. The predicted octanol–water partition coefficient (Wildman–Crippen LogP) is 3.46. The highest BCUT2D eigenvalue weighted by Crippen LogP contribution is 2.33. The van der Waals surface area contributed by atoms with Gasteiger partial charge in [-0.25, -0.2) is 0 Å². The Morgan fingerprint density at radius 2 is 1.93 bits per heavy atom. The van der Waals surface area contributed by atoms with Crippen LogP contribution < -0.4 is 0 Å². The molecule has 0 amide bonds.